The molecular weight excluding hydrogens is 1170 g/mol. The first-order valence-corrected chi connectivity index (χ1v) is 27.7. The van der Waals surface area contributed by atoms with Crippen molar-refractivity contribution >= 4 is 6.21 Å². The lowest BCUT2D eigenvalue weighted by Crippen LogP contribution is -2.68. The Balaban J connectivity index is 1.03. The Bertz CT molecular complexity index is 2260. The van der Waals surface area contributed by atoms with Gasteiger partial charge in [-0.3, -0.25) is 4.99 Å². The molecule has 492 valence electrons. The Kier molecular flexibility index (Phi) is 23.2. The Morgan fingerprint density at radius 1 is 0.291 bits per heavy atom. The summed E-state index contributed by atoms with van der Waals surface area (Å²) in [6.07, 6.45) is -70.0. The maximum absolute atomic E-state index is 11.8. The van der Waals surface area contributed by atoms with Crippen LogP contribution in [0.25, 0.3) is 0 Å². The maximum atomic E-state index is 11.8. The molecule has 86 heavy (non-hydrogen) atoms. The number of hydrogen-bond donors (Lipinski definition) is 21. The zero-order valence-corrected chi connectivity index (χ0v) is 45.3. The number of benzene rings is 1. The predicted molar refractivity (Wildman–Crippen MR) is 266 cm³/mol. The van der Waals surface area contributed by atoms with Gasteiger partial charge in [-0.25, -0.2) is 0 Å². The molecule has 36 atom stereocenters. The van der Waals surface area contributed by atoms with Crippen LogP contribution >= 0.6 is 0 Å². The van der Waals surface area contributed by atoms with E-state index in [4.69, 9.17) is 66.3 Å². The van der Waals surface area contributed by atoms with Crippen LogP contribution in [0.3, 0.4) is 0 Å². The molecule has 1 unspecified atom stereocenters. The van der Waals surface area contributed by atoms with E-state index >= 15 is 0 Å². The minimum Gasteiger partial charge on any atom is -0.394 e. The van der Waals surface area contributed by atoms with Crippen molar-refractivity contribution in [1.82, 2.24) is 0 Å². The third-order valence-electron chi connectivity index (χ3n) is 16.3. The molecule has 21 N–H and O–H groups in total. The van der Waals surface area contributed by atoms with Crippen LogP contribution in [0.15, 0.2) is 35.3 Å². The molecule has 21 aliphatic rings. The summed E-state index contributed by atoms with van der Waals surface area (Å²) in [5, 5.41) is 234. The summed E-state index contributed by atoms with van der Waals surface area (Å²) in [6.45, 7) is -6.96. The summed E-state index contributed by atoms with van der Waals surface area (Å²) in [4.78, 5) is 4.39. The second kappa shape index (κ2) is 29.4. The molecule has 21 aliphatic heterocycles. The molecule has 0 spiro atoms. The van der Waals surface area contributed by atoms with Gasteiger partial charge in [0.25, 0.3) is 0 Å². The zero-order chi connectivity index (χ0) is 62.2. The van der Waals surface area contributed by atoms with Gasteiger partial charge in [0.05, 0.1) is 52.3 Å². The molecule has 14 bridgehead atoms. The van der Waals surface area contributed by atoms with Gasteiger partial charge in [0.1, 0.15) is 171 Å². The normalized spacial score (nSPS) is 51.2. The van der Waals surface area contributed by atoms with E-state index in [1.54, 1.807) is 30.3 Å². The van der Waals surface area contributed by atoms with E-state index < -0.39 is 267 Å². The Labute approximate surface area is 487 Å². The maximum Gasteiger partial charge on any atom is 0.187 e. The molecular formula is C50H77NO35. The van der Waals surface area contributed by atoms with Gasteiger partial charge in [0, 0.05) is 6.21 Å². The van der Waals surface area contributed by atoms with Crippen LogP contribution in [0.5, 0.6) is 0 Å². The summed E-state index contributed by atoms with van der Waals surface area (Å²) < 4.78 is 81.1. The van der Waals surface area contributed by atoms with Gasteiger partial charge in [-0.2, -0.15) is 0 Å². The van der Waals surface area contributed by atoms with Gasteiger partial charge < -0.3 is 174 Å². The highest BCUT2D eigenvalue weighted by molar-refractivity contribution is 5.65. The molecule has 21 heterocycles. The topological polar surface area (TPSA) is 566 Å². The Morgan fingerprint density at radius 3 is 0.744 bits per heavy atom. The number of rotatable bonds is 10. The summed E-state index contributed by atoms with van der Waals surface area (Å²) in [6, 6.07) is 7.19. The number of aliphatic hydroxyl groups is 21. The summed E-state index contributed by atoms with van der Waals surface area (Å²) in [7, 11) is 0. The lowest BCUT2D eigenvalue weighted by molar-refractivity contribution is -0.396. The van der Waals surface area contributed by atoms with E-state index in [-0.39, 0.29) is 0 Å². The Hall–Kier alpha value is -2.51. The van der Waals surface area contributed by atoms with Crippen molar-refractivity contribution in [1.29, 1.82) is 0 Å². The first kappa shape index (κ1) is 67.9. The second-order valence-electron chi connectivity index (χ2n) is 21.8. The van der Waals surface area contributed by atoms with Gasteiger partial charge in [-0.05, 0) is 5.56 Å². The number of nitrogens with zero attached hydrogens (tertiary/aromatic N) is 1. The first-order valence-electron chi connectivity index (χ1n) is 27.7. The lowest BCUT2D eigenvalue weighted by atomic mass is 9.95. The quantitative estimate of drug-likeness (QED) is 0.0967. The second-order valence-corrected chi connectivity index (χ2v) is 21.8. The van der Waals surface area contributed by atoms with Crippen molar-refractivity contribution < 1.29 is 174 Å². The van der Waals surface area contributed by atoms with E-state index in [0.717, 1.165) is 6.21 Å². The van der Waals surface area contributed by atoms with Crippen LogP contribution in [0.2, 0.25) is 0 Å². The predicted octanol–water partition coefficient (Wildman–Crippen LogP) is -13.4. The van der Waals surface area contributed by atoms with Gasteiger partial charge in [0.2, 0.25) is 0 Å². The fraction of sp³-hybridized carbons (Fsp3) is 0.860. The van der Waals surface area contributed by atoms with Crippen LogP contribution in [-0.4, -0.2) is 375 Å². The monoisotopic (exact) mass is 1250 g/mol. The SMILES string of the molecule is OCC(N=C[C@H]1O[C@@H]2O[C@H]3[C@H](O)[C@@H](O)[C@@H](O[C@H]4[C@H](O)[C@@H](O)[C@@H](O[C@H]5[C@H](O)[C@@H](O)[C@@H](O[C@H]6[C@H](O)[C@@H](O)[C@@H](O[C@H]7[C@H](O)[C@@H](O)[C@@H](O[C@H]8[C@H](O)[C@@H](O)[C@@H](O[C@H]1[C@H](O)[C@H]2O)O[C@@H]8CO)O[C@@H]7CO)O[C@@H]6CO)O[C@@H]5CO)O[C@@H]4CO)O[C@@H]3CO)c1ccccc1. The third kappa shape index (κ3) is 13.7. The Morgan fingerprint density at radius 2 is 0.512 bits per heavy atom. The standard InChI is InChI=1S/C50H77NO35/c52-7-15(14-4-2-1-3-5-14)51-6-16-37-23(59)30(66)44(73-16)81-38-17(8-53)75-46(32(68)25(38)61)83-40-19(10-55)77-48(34(70)27(40)63)85-42-21(12-57)79-50(36(72)29(42)65)86-43-22(13-58)78-49(35(71)28(43)64)84-41-20(11-56)76-47(33(69)26(41)62)82-39-18(9-54)74-45(80-37)31(67)24(39)60/h1-6,15-50,52-72H,7-13H2/t15?,16-,17-,18-,19-,20-,21-,22-,23-,24-,25-,26-,27-,28-,29-,30-,31-,32-,33-,34-,35-,36-,37-,38-,39-,40-,41-,42-,43-,44-,45-,46-,47-,48-,49-,50-/m1/s1. The van der Waals surface area contributed by atoms with Crippen molar-refractivity contribution in [2.45, 2.75) is 221 Å². The number of hydrogen-bond acceptors (Lipinski definition) is 36. The molecule has 1 aromatic carbocycles. The summed E-state index contributed by atoms with van der Waals surface area (Å²) in [5.74, 6) is 0. The fourth-order valence-corrected chi connectivity index (χ4v) is 11.4. The third-order valence-corrected chi connectivity index (χ3v) is 16.3. The molecule has 21 fully saturated rings. The van der Waals surface area contributed by atoms with Crippen LogP contribution in [0, 0.1) is 0 Å². The van der Waals surface area contributed by atoms with Gasteiger partial charge in [-0.15, -0.1) is 0 Å². The molecule has 1 aromatic rings. The molecule has 0 aromatic heterocycles. The average Bonchev–Trinajstić information content (AvgIpc) is 1.58. The number of aliphatic imine (C=N–C) groups is 1. The minimum absolute atomic E-state index is 0.470. The molecule has 36 nitrogen and oxygen atoms in total. The van der Waals surface area contributed by atoms with E-state index in [1.165, 1.54) is 0 Å². The van der Waals surface area contributed by atoms with Crippen molar-refractivity contribution in [2.24, 2.45) is 4.99 Å². The highest BCUT2D eigenvalue weighted by atomic mass is 16.8. The molecule has 36 heteroatoms. The molecule has 21 saturated heterocycles. The van der Waals surface area contributed by atoms with Crippen molar-refractivity contribution in [2.75, 3.05) is 46.2 Å². The van der Waals surface area contributed by atoms with Crippen LogP contribution in [0.4, 0.5) is 0 Å². The van der Waals surface area contributed by atoms with Crippen LogP contribution in [-0.2, 0) is 66.3 Å². The lowest BCUT2D eigenvalue weighted by Gasteiger charge is -2.50. The average molecular weight is 1250 g/mol. The van der Waals surface area contributed by atoms with Gasteiger partial charge >= 0.3 is 0 Å². The van der Waals surface area contributed by atoms with E-state index in [0.29, 0.717) is 5.56 Å². The minimum atomic E-state index is -2.24. The molecule has 0 aliphatic carbocycles. The van der Waals surface area contributed by atoms with E-state index in [2.05, 4.69) is 4.99 Å². The van der Waals surface area contributed by atoms with E-state index in [9.17, 15) is 107 Å². The summed E-state index contributed by atoms with van der Waals surface area (Å²) >= 11 is 0. The highest BCUT2D eigenvalue weighted by Gasteiger charge is 2.59. The van der Waals surface area contributed by atoms with Crippen LogP contribution in [0.1, 0.15) is 11.6 Å². The van der Waals surface area contributed by atoms with Crippen molar-refractivity contribution in [3.63, 3.8) is 0 Å². The van der Waals surface area contributed by atoms with E-state index in [1.807, 2.05) is 0 Å². The molecule has 22 rings (SSSR count). The molecule has 0 saturated carbocycles. The molecule has 0 radical (unpaired) electrons. The van der Waals surface area contributed by atoms with Crippen molar-refractivity contribution in [3.05, 3.63) is 35.9 Å². The first-order chi connectivity index (χ1) is 41.1. The van der Waals surface area contributed by atoms with Gasteiger partial charge in [0.15, 0.2) is 44.0 Å². The number of ether oxygens (including phenoxy) is 14. The van der Waals surface area contributed by atoms with Crippen LogP contribution < -0.4 is 0 Å². The van der Waals surface area contributed by atoms with Gasteiger partial charge in [-0.1, -0.05) is 30.3 Å². The fourth-order valence-electron chi connectivity index (χ4n) is 11.4. The highest BCUT2D eigenvalue weighted by Crippen LogP contribution is 2.39. The smallest absolute Gasteiger partial charge is 0.187 e. The number of aliphatic hydroxyl groups excluding tert-OH is 21. The largest absolute Gasteiger partial charge is 0.394 e. The molecule has 0 amide bonds. The summed E-state index contributed by atoms with van der Waals surface area (Å²) in [5.41, 5.74) is 0.470. The van der Waals surface area contributed by atoms with Crippen molar-refractivity contribution in [3.8, 4) is 0 Å². The zero-order valence-electron chi connectivity index (χ0n) is 45.3.